The summed E-state index contributed by atoms with van der Waals surface area (Å²) in [5.74, 6) is -0.125. The third-order valence-electron chi connectivity index (χ3n) is 4.84. The van der Waals surface area contributed by atoms with E-state index in [4.69, 9.17) is 16.3 Å². The Morgan fingerprint density at radius 1 is 1.03 bits per heavy atom. The van der Waals surface area contributed by atoms with Crippen molar-refractivity contribution in [1.29, 1.82) is 0 Å². The number of ether oxygens (including phenoxy) is 1. The first-order chi connectivity index (χ1) is 16.4. The van der Waals surface area contributed by atoms with E-state index in [0.717, 1.165) is 27.4 Å². The lowest BCUT2D eigenvalue weighted by atomic mass is 10.2. The number of anilines is 1. The summed E-state index contributed by atoms with van der Waals surface area (Å²) in [6, 6.07) is 21.2. The molecule has 1 aliphatic heterocycles. The molecule has 0 bridgehead atoms. The predicted octanol–water partition coefficient (Wildman–Crippen LogP) is 6.36. The fourth-order valence-electron chi connectivity index (χ4n) is 3.12. The van der Waals surface area contributed by atoms with Crippen LogP contribution in [0.2, 0.25) is 5.02 Å². The fraction of sp³-hybridized carbons (Fsp3) is 0.0800. The van der Waals surface area contributed by atoms with E-state index in [1.807, 2.05) is 24.3 Å². The number of carbonyl (C=O) groups is 3. The van der Waals surface area contributed by atoms with Crippen molar-refractivity contribution in [2.24, 2.45) is 0 Å². The first-order valence-electron chi connectivity index (χ1n) is 10.2. The molecule has 3 amide bonds. The van der Waals surface area contributed by atoms with Gasteiger partial charge < -0.3 is 10.1 Å². The van der Waals surface area contributed by atoms with E-state index < -0.39 is 0 Å². The zero-order valence-electron chi connectivity index (χ0n) is 17.7. The molecule has 34 heavy (non-hydrogen) atoms. The van der Waals surface area contributed by atoms with Gasteiger partial charge in [-0.05, 0) is 71.4 Å². The van der Waals surface area contributed by atoms with Crippen molar-refractivity contribution >= 4 is 68.1 Å². The van der Waals surface area contributed by atoms with Gasteiger partial charge in [-0.15, -0.1) is 0 Å². The van der Waals surface area contributed by atoms with Gasteiger partial charge in [-0.3, -0.25) is 19.3 Å². The first-order valence-corrected chi connectivity index (χ1v) is 12.1. The van der Waals surface area contributed by atoms with Crippen molar-refractivity contribution in [3.05, 3.63) is 98.3 Å². The summed E-state index contributed by atoms with van der Waals surface area (Å²) in [5, 5.41) is 3.00. The smallest absolute Gasteiger partial charge is 0.293 e. The second-order valence-electron chi connectivity index (χ2n) is 7.27. The lowest BCUT2D eigenvalue weighted by Gasteiger charge is -2.13. The summed E-state index contributed by atoms with van der Waals surface area (Å²) in [7, 11) is 0. The molecule has 1 saturated heterocycles. The number of benzene rings is 3. The van der Waals surface area contributed by atoms with Crippen LogP contribution in [0.3, 0.4) is 0 Å². The van der Waals surface area contributed by atoms with Gasteiger partial charge in [0.1, 0.15) is 5.75 Å². The maximum atomic E-state index is 12.8. The summed E-state index contributed by atoms with van der Waals surface area (Å²) >= 11 is 10.2. The molecule has 3 aromatic carbocycles. The molecule has 0 aromatic heterocycles. The number of rotatable bonds is 7. The maximum Gasteiger partial charge on any atom is 0.293 e. The minimum absolute atomic E-state index is 0.157. The standard InChI is InChI=1S/C25H18BrClN2O4S/c26-21-4-2-1-3-17(21)14-29-24(31)22(34-25(29)32)13-16-5-11-20(12-6-16)33-15-23(30)28-19-9-7-18(27)8-10-19/h1-13H,14-15H2,(H,28,30)/b22-13-. The molecule has 0 aliphatic carbocycles. The average Bonchev–Trinajstić information content (AvgIpc) is 3.09. The molecule has 1 N–H and O–H groups in total. The molecule has 0 atom stereocenters. The van der Waals surface area contributed by atoms with E-state index in [-0.39, 0.29) is 30.2 Å². The van der Waals surface area contributed by atoms with Gasteiger partial charge in [-0.1, -0.05) is 57.9 Å². The molecule has 9 heteroatoms. The summed E-state index contributed by atoms with van der Waals surface area (Å²) in [6.45, 7) is 0.0458. The second-order valence-corrected chi connectivity index (χ2v) is 9.56. The molecule has 0 spiro atoms. The predicted molar refractivity (Wildman–Crippen MR) is 138 cm³/mol. The molecular weight excluding hydrogens is 540 g/mol. The van der Waals surface area contributed by atoms with E-state index in [9.17, 15) is 14.4 Å². The van der Waals surface area contributed by atoms with Gasteiger partial charge in [0.25, 0.3) is 17.1 Å². The van der Waals surface area contributed by atoms with Crippen LogP contribution in [-0.4, -0.2) is 28.6 Å². The average molecular weight is 558 g/mol. The van der Waals surface area contributed by atoms with Crippen molar-refractivity contribution < 1.29 is 19.1 Å². The largest absolute Gasteiger partial charge is 0.484 e. The van der Waals surface area contributed by atoms with Crippen LogP contribution in [-0.2, 0) is 16.1 Å². The third kappa shape index (κ3) is 6.08. The topological polar surface area (TPSA) is 75.7 Å². The van der Waals surface area contributed by atoms with Gasteiger partial charge in [0.05, 0.1) is 11.4 Å². The van der Waals surface area contributed by atoms with Gasteiger partial charge in [-0.2, -0.15) is 0 Å². The quantitative estimate of drug-likeness (QED) is 0.342. The summed E-state index contributed by atoms with van der Waals surface area (Å²) in [6.07, 6.45) is 1.67. The summed E-state index contributed by atoms with van der Waals surface area (Å²) in [5.41, 5.74) is 2.22. The van der Waals surface area contributed by atoms with Crippen LogP contribution in [0.5, 0.6) is 5.75 Å². The summed E-state index contributed by atoms with van der Waals surface area (Å²) < 4.78 is 6.37. The molecule has 6 nitrogen and oxygen atoms in total. The number of imide groups is 1. The van der Waals surface area contributed by atoms with Gasteiger partial charge in [0, 0.05) is 15.2 Å². The van der Waals surface area contributed by atoms with Gasteiger partial charge >= 0.3 is 0 Å². The number of hydrogen-bond donors (Lipinski definition) is 1. The number of nitrogens with zero attached hydrogens (tertiary/aromatic N) is 1. The number of amides is 3. The monoisotopic (exact) mass is 556 g/mol. The number of thioether (sulfide) groups is 1. The maximum absolute atomic E-state index is 12.8. The van der Waals surface area contributed by atoms with Gasteiger partial charge in [-0.25, -0.2) is 0 Å². The van der Waals surface area contributed by atoms with Crippen molar-refractivity contribution in [1.82, 2.24) is 4.90 Å². The molecule has 0 unspecified atom stereocenters. The molecule has 1 aliphatic rings. The highest BCUT2D eigenvalue weighted by atomic mass is 79.9. The Morgan fingerprint density at radius 2 is 1.74 bits per heavy atom. The van der Waals surface area contributed by atoms with Crippen molar-refractivity contribution in [3.63, 3.8) is 0 Å². The van der Waals surface area contributed by atoms with Crippen molar-refractivity contribution in [3.8, 4) is 5.75 Å². The lowest BCUT2D eigenvalue weighted by Crippen LogP contribution is -2.27. The zero-order chi connectivity index (χ0) is 24.1. The number of hydrogen-bond acceptors (Lipinski definition) is 5. The van der Waals surface area contributed by atoms with Gasteiger partial charge in [0.15, 0.2) is 6.61 Å². The normalized spacial score (nSPS) is 14.5. The first kappa shape index (κ1) is 24.1. The van der Waals surface area contributed by atoms with Crippen LogP contribution in [0, 0.1) is 0 Å². The van der Waals surface area contributed by atoms with Crippen LogP contribution in [0.25, 0.3) is 6.08 Å². The Balaban J connectivity index is 1.34. The SMILES string of the molecule is O=C(COc1ccc(/C=C2\SC(=O)N(Cc3ccccc3Br)C2=O)cc1)Nc1ccc(Cl)cc1. The highest BCUT2D eigenvalue weighted by Crippen LogP contribution is 2.34. The number of nitrogens with one attached hydrogen (secondary N) is 1. The Kier molecular flexibility index (Phi) is 7.72. The molecule has 172 valence electrons. The molecular formula is C25H18BrClN2O4S. The summed E-state index contributed by atoms with van der Waals surface area (Å²) in [4.78, 5) is 38.8. The van der Waals surface area contributed by atoms with Crippen LogP contribution in [0.15, 0.2) is 82.2 Å². The number of halogens is 2. The van der Waals surface area contributed by atoms with Crippen LogP contribution in [0.1, 0.15) is 11.1 Å². The zero-order valence-corrected chi connectivity index (χ0v) is 20.8. The van der Waals surface area contributed by atoms with Crippen molar-refractivity contribution in [2.45, 2.75) is 6.54 Å². The molecule has 0 radical (unpaired) electrons. The molecule has 1 fully saturated rings. The van der Waals surface area contributed by atoms with E-state index in [2.05, 4.69) is 21.2 Å². The Bertz CT molecular complexity index is 1260. The Labute approximate surface area is 214 Å². The highest BCUT2D eigenvalue weighted by molar-refractivity contribution is 9.10. The molecule has 0 saturated carbocycles. The Hall–Kier alpha value is -3.07. The Morgan fingerprint density at radius 3 is 2.44 bits per heavy atom. The van der Waals surface area contributed by atoms with E-state index >= 15 is 0 Å². The van der Waals surface area contributed by atoms with E-state index in [1.54, 1.807) is 54.6 Å². The van der Waals surface area contributed by atoms with Crippen LogP contribution >= 0.6 is 39.3 Å². The molecule has 4 rings (SSSR count). The lowest BCUT2D eigenvalue weighted by molar-refractivity contribution is -0.123. The van der Waals surface area contributed by atoms with Crippen LogP contribution in [0.4, 0.5) is 10.5 Å². The third-order valence-corrected chi connectivity index (χ3v) is 6.77. The fourth-order valence-corrected chi connectivity index (χ4v) is 4.50. The second kappa shape index (κ2) is 10.9. The van der Waals surface area contributed by atoms with E-state index in [0.29, 0.717) is 21.4 Å². The van der Waals surface area contributed by atoms with E-state index in [1.165, 1.54) is 4.90 Å². The minimum Gasteiger partial charge on any atom is -0.484 e. The molecule has 3 aromatic rings. The highest BCUT2D eigenvalue weighted by Gasteiger charge is 2.35. The van der Waals surface area contributed by atoms with Gasteiger partial charge in [0.2, 0.25) is 0 Å². The molecule has 1 heterocycles. The van der Waals surface area contributed by atoms with Crippen LogP contribution < -0.4 is 10.1 Å². The van der Waals surface area contributed by atoms with Crippen molar-refractivity contribution in [2.75, 3.05) is 11.9 Å². The minimum atomic E-state index is -0.329. The number of carbonyl (C=O) groups excluding carboxylic acids is 3.